The second kappa shape index (κ2) is 5.24. The second-order valence-corrected chi connectivity index (χ2v) is 5.65. The number of hydrogen-bond acceptors (Lipinski definition) is 4. The van der Waals surface area contributed by atoms with Crippen LogP contribution in [0, 0.1) is 11.3 Å². The Kier molecular flexibility index (Phi) is 3.41. The number of rotatable bonds is 3. The molecule has 3 rings (SSSR count). The van der Waals surface area contributed by atoms with Crippen molar-refractivity contribution in [2.24, 2.45) is 5.92 Å². The highest BCUT2D eigenvalue weighted by Gasteiger charge is 2.23. The molecule has 0 amide bonds. The van der Waals surface area contributed by atoms with Crippen molar-refractivity contribution < 1.29 is 9.47 Å². The van der Waals surface area contributed by atoms with Crippen LogP contribution in [0.15, 0.2) is 24.5 Å². The Hall–Kier alpha value is -2.30. The van der Waals surface area contributed by atoms with Gasteiger partial charge in [0.2, 0.25) is 5.88 Å². The molecule has 0 atom stereocenters. The van der Waals surface area contributed by atoms with Gasteiger partial charge in [-0.1, -0.05) is 26.0 Å². The SMILES string of the molecule is COc1cccc2c1Oc1ncn(CC(C)C)c(=N)c1C2. The first-order chi connectivity index (χ1) is 10.1. The average Bonchev–Trinajstić information content (AvgIpc) is 2.48. The molecule has 0 spiro atoms. The van der Waals surface area contributed by atoms with Crippen LogP contribution in [0.1, 0.15) is 25.0 Å². The molecular formula is C16H19N3O2. The predicted molar refractivity (Wildman–Crippen MR) is 78.8 cm³/mol. The van der Waals surface area contributed by atoms with Crippen molar-refractivity contribution in [2.45, 2.75) is 26.8 Å². The number of ether oxygens (including phenoxy) is 2. The molecule has 1 N–H and O–H groups in total. The van der Waals surface area contributed by atoms with Gasteiger partial charge in [0.1, 0.15) is 11.8 Å². The Balaban J connectivity index is 2.05. The third kappa shape index (κ3) is 2.39. The van der Waals surface area contributed by atoms with E-state index in [4.69, 9.17) is 14.9 Å². The zero-order chi connectivity index (χ0) is 15.0. The van der Waals surface area contributed by atoms with E-state index in [2.05, 4.69) is 18.8 Å². The maximum Gasteiger partial charge on any atom is 0.228 e. The molecular weight excluding hydrogens is 266 g/mol. The molecule has 0 fully saturated rings. The van der Waals surface area contributed by atoms with Crippen LogP contribution in [0.2, 0.25) is 0 Å². The van der Waals surface area contributed by atoms with Crippen molar-refractivity contribution in [3.8, 4) is 17.4 Å². The molecule has 1 aliphatic rings. The lowest BCUT2D eigenvalue weighted by Gasteiger charge is -2.22. The van der Waals surface area contributed by atoms with Gasteiger partial charge in [-0.05, 0) is 12.0 Å². The van der Waals surface area contributed by atoms with Gasteiger partial charge >= 0.3 is 0 Å². The zero-order valence-corrected chi connectivity index (χ0v) is 12.5. The van der Waals surface area contributed by atoms with Crippen molar-refractivity contribution in [1.82, 2.24) is 9.55 Å². The lowest BCUT2D eigenvalue weighted by atomic mass is 10.0. The molecule has 2 aromatic rings. The highest BCUT2D eigenvalue weighted by Crippen LogP contribution is 2.39. The minimum absolute atomic E-state index is 0.468. The fraction of sp³-hybridized carbons (Fsp3) is 0.375. The molecule has 5 heteroatoms. The molecule has 0 unspecified atom stereocenters. The fourth-order valence-corrected chi connectivity index (χ4v) is 2.58. The summed E-state index contributed by atoms with van der Waals surface area (Å²) in [5.74, 6) is 2.39. The number of methoxy groups -OCH3 is 1. The summed E-state index contributed by atoms with van der Waals surface area (Å²) in [5, 5.41) is 8.37. The van der Waals surface area contributed by atoms with Crippen LogP contribution in [-0.4, -0.2) is 16.7 Å². The fourth-order valence-electron chi connectivity index (χ4n) is 2.58. The van der Waals surface area contributed by atoms with Gasteiger partial charge in [0, 0.05) is 18.5 Å². The van der Waals surface area contributed by atoms with Gasteiger partial charge in [-0.15, -0.1) is 0 Å². The molecule has 0 aliphatic carbocycles. The molecule has 2 heterocycles. The number of benzene rings is 1. The van der Waals surface area contributed by atoms with E-state index in [1.165, 1.54) is 0 Å². The first kappa shape index (κ1) is 13.7. The molecule has 5 nitrogen and oxygen atoms in total. The maximum atomic E-state index is 8.37. The third-order valence-electron chi connectivity index (χ3n) is 3.55. The van der Waals surface area contributed by atoms with E-state index in [9.17, 15) is 0 Å². The summed E-state index contributed by atoms with van der Waals surface area (Å²) in [7, 11) is 1.62. The summed E-state index contributed by atoms with van der Waals surface area (Å²) in [4.78, 5) is 4.37. The van der Waals surface area contributed by atoms with E-state index in [0.29, 0.717) is 35.2 Å². The summed E-state index contributed by atoms with van der Waals surface area (Å²) < 4.78 is 13.1. The number of fused-ring (bicyclic) bond motifs is 2. The van der Waals surface area contributed by atoms with Crippen molar-refractivity contribution >= 4 is 0 Å². The topological polar surface area (TPSA) is 60.1 Å². The lowest BCUT2D eigenvalue weighted by Crippen LogP contribution is -2.28. The number of aromatic nitrogens is 2. The Morgan fingerprint density at radius 3 is 2.95 bits per heavy atom. The van der Waals surface area contributed by atoms with Crippen LogP contribution in [-0.2, 0) is 13.0 Å². The first-order valence-corrected chi connectivity index (χ1v) is 7.06. The summed E-state index contributed by atoms with van der Waals surface area (Å²) in [5.41, 5.74) is 2.33. The largest absolute Gasteiger partial charge is 0.493 e. The van der Waals surface area contributed by atoms with Crippen LogP contribution in [0.25, 0.3) is 0 Å². The van der Waals surface area contributed by atoms with Crippen LogP contribution in [0.5, 0.6) is 17.4 Å². The number of nitrogens with zero attached hydrogens (tertiary/aromatic N) is 2. The molecule has 1 aromatic heterocycles. The first-order valence-electron chi connectivity index (χ1n) is 7.06. The highest BCUT2D eigenvalue weighted by molar-refractivity contribution is 5.53. The van der Waals surface area contributed by atoms with Crippen LogP contribution < -0.4 is 15.0 Å². The van der Waals surface area contributed by atoms with Crippen LogP contribution in [0.3, 0.4) is 0 Å². The highest BCUT2D eigenvalue weighted by atomic mass is 16.5. The third-order valence-corrected chi connectivity index (χ3v) is 3.55. The quantitative estimate of drug-likeness (QED) is 0.805. The van der Waals surface area contributed by atoms with Gasteiger partial charge in [0.05, 0.1) is 12.7 Å². The molecule has 21 heavy (non-hydrogen) atoms. The monoisotopic (exact) mass is 285 g/mol. The Labute approximate surface area is 123 Å². The Morgan fingerprint density at radius 2 is 2.24 bits per heavy atom. The molecule has 0 radical (unpaired) electrons. The summed E-state index contributed by atoms with van der Waals surface area (Å²) in [6, 6.07) is 5.81. The molecule has 0 bridgehead atoms. The van der Waals surface area contributed by atoms with Gasteiger partial charge in [-0.25, -0.2) is 4.98 Å². The average molecular weight is 285 g/mol. The van der Waals surface area contributed by atoms with E-state index in [-0.39, 0.29) is 0 Å². The number of para-hydroxylation sites is 1. The number of nitrogens with one attached hydrogen (secondary N) is 1. The molecule has 1 aromatic carbocycles. The van der Waals surface area contributed by atoms with E-state index in [1.807, 2.05) is 22.8 Å². The molecule has 1 aliphatic heterocycles. The normalized spacial score (nSPS) is 12.6. The van der Waals surface area contributed by atoms with Gasteiger partial charge in [0.25, 0.3) is 0 Å². The second-order valence-electron chi connectivity index (χ2n) is 5.65. The number of hydrogen-bond donors (Lipinski definition) is 1. The smallest absolute Gasteiger partial charge is 0.228 e. The van der Waals surface area contributed by atoms with Crippen molar-refractivity contribution in [2.75, 3.05) is 7.11 Å². The van der Waals surface area contributed by atoms with Crippen molar-refractivity contribution in [1.29, 1.82) is 5.41 Å². The summed E-state index contributed by atoms with van der Waals surface area (Å²) >= 11 is 0. The summed E-state index contributed by atoms with van der Waals surface area (Å²) in [6.45, 7) is 5.04. The summed E-state index contributed by atoms with van der Waals surface area (Å²) in [6.07, 6.45) is 2.33. The van der Waals surface area contributed by atoms with Gasteiger partial charge in [-0.2, -0.15) is 0 Å². The van der Waals surface area contributed by atoms with Gasteiger partial charge in [0.15, 0.2) is 11.5 Å². The van der Waals surface area contributed by atoms with Gasteiger partial charge in [-0.3, -0.25) is 5.41 Å². The molecule has 0 saturated heterocycles. The van der Waals surface area contributed by atoms with Crippen molar-refractivity contribution in [3.05, 3.63) is 41.1 Å². The minimum Gasteiger partial charge on any atom is -0.493 e. The van der Waals surface area contributed by atoms with Crippen LogP contribution >= 0.6 is 0 Å². The zero-order valence-electron chi connectivity index (χ0n) is 12.5. The maximum absolute atomic E-state index is 8.37. The Bertz CT molecular complexity index is 735. The van der Waals surface area contributed by atoms with E-state index in [1.54, 1.807) is 13.4 Å². The molecule has 110 valence electrons. The van der Waals surface area contributed by atoms with Crippen LogP contribution in [0.4, 0.5) is 0 Å². The van der Waals surface area contributed by atoms with E-state index >= 15 is 0 Å². The molecule has 0 saturated carbocycles. The van der Waals surface area contributed by atoms with Crippen molar-refractivity contribution in [3.63, 3.8) is 0 Å². The Morgan fingerprint density at radius 1 is 1.43 bits per heavy atom. The van der Waals surface area contributed by atoms with Gasteiger partial charge < -0.3 is 14.0 Å². The van der Waals surface area contributed by atoms with E-state index in [0.717, 1.165) is 17.7 Å². The predicted octanol–water partition coefficient (Wildman–Crippen LogP) is 2.72. The lowest BCUT2D eigenvalue weighted by molar-refractivity contribution is 0.361. The standard InChI is InChI=1S/C16H19N3O2/c1-10(2)8-19-9-18-16-12(15(19)17)7-11-5-4-6-13(20-3)14(11)21-16/h4-6,9-10,17H,7-8H2,1-3H3. The van der Waals surface area contributed by atoms with E-state index < -0.39 is 0 Å². The minimum atomic E-state index is 0.468.